The lowest BCUT2D eigenvalue weighted by Gasteiger charge is -2.16. The lowest BCUT2D eigenvalue weighted by Crippen LogP contribution is -2.30. The van der Waals surface area contributed by atoms with Crippen LogP contribution in [0, 0.1) is 0 Å². The summed E-state index contributed by atoms with van der Waals surface area (Å²) in [4.78, 5) is 25.1. The van der Waals surface area contributed by atoms with Crippen LogP contribution in [0.25, 0.3) is 11.1 Å². The molecule has 0 radical (unpaired) electrons. The van der Waals surface area contributed by atoms with E-state index < -0.39 is 28.0 Å². The third kappa shape index (κ3) is 5.60. The number of ether oxygens (including phenoxy) is 1. The van der Waals surface area contributed by atoms with Crippen LogP contribution in [0.4, 0.5) is 5.69 Å². The van der Waals surface area contributed by atoms with Crippen molar-refractivity contribution in [3.63, 3.8) is 0 Å². The molecule has 0 fully saturated rings. The molecule has 32 heavy (non-hydrogen) atoms. The first-order valence-corrected chi connectivity index (χ1v) is 11.6. The van der Waals surface area contributed by atoms with Crippen molar-refractivity contribution in [1.82, 2.24) is 4.72 Å². The molecule has 1 atom stereocenters. The van der Waals surface area contributed by atoms with Crippen LogP contribution in [-0.4, -0.2) is 32.9 Å². The molecule has 0 bridgehead atoms. The molecule has 3 rings (SSSR count). The van der Waals surface area contributed by atoms with Gasteiger partial charge in [0, 0.05) is 17.8 Å². The molecule has 3 aromatic carbocycles. The highest BCUT2D eigenvalue weighted by atomic mass is 32.2. The normalized spacial score (nSPS) is 12.1. The van der Waals surface area contributed by atoms with Gasteiger partial charge in [0.2, 0.25) is 10.0 Å². The van der Waals surface area contributed by atoms with Gasteiger partial charge < -0.3 is 10.1 Å². The van der Waals surface area contributed by atoms with Crippen LogP contribution in [0.15, 0.2) is 83.8 Å². The zero-order valence-corrected chi connectivity index (χ0v) is 18.6. The number of nitrogens with one attached hydrogen (secondary N) is 2. The van der Waals surface area contributed by atoms with E-state index in [2.05, 4.69) is 10.0 Å². The fourth-order valence-electron chi connectivity index (χ4n) is 3.04. The van der Waals surface area contributed by atoms with Crippen LogP contribution in [0.5, 0.6) is 0 Å². The third-order valence-corrected chi connectivity index (χ3v) is 6.18. The second-order valence-corrected chi connectivity index (χ2v) is 8.74. The zero-order valence-electron chi connectivity index (χ0n) is 17.7. The lowest BCUT2D eigenvalue weighted by molar-refractivity contribution is -0.123. The highest BCUT2D eigenvalue weighted by molar-refractivity contribution is 7.89. The van der Waals surface area contributed by atoms with Crippen LogP contribution in [-0.2, 0) is 19.6 Å². The van der Waals surface area contributed by atoms with Crippen LogP contribution in [0.3, 0.4) is 0 Å². The standard InChI is InChI=1S/C24H24N2O5S/c1-3-25-32(29,30)20-13-9-12-19(16-20)24(28)31-17(2)23(27)26-22-15-8-7-14-21(22)18-10-5-4-6-11-18/h4-17,25H,3H2,1-2H3,(H,26,27). The van der Waals surface area contributed by atoms with E-state index in [9.17, 15) is 18.0 Å². The van der Waals surface area contributed by atoms with Crippen molar-refractivity contribution in [3.05, 3.63) is 84.4 Å². The molecule has 0 spiro atoms. The molecule has 2 N–H and O–H groups in total. The SMILES string of the molecule is CCNS(=O)(=O)c1cccc(C(=O)OC(C)C(=O)Nc2ccccc2-c2ccccc2)c1. The predicted molar refractivity (Wildman–Crippen MR) is 123 cm³/mol. The Hall–Kier alpha value is -3.49. The molecule has 0 aromatic heterocycles. The molecule has 0 aliphatic rings. The second kappa shape index (κ2) is 10.2. The van der Waals surface area contributed by atoms with Crippen LogP contribution >= 0.6 is 0 Å². The van der Waals surface area contributed by atoms with Gasteiger partial charge in [0.05, 0.1) is 10.5 Å². The number of esters is 1. The summed E-state index contributed by atoms with van der Waals surface area (Å²) >= 11 is 0. The average Bonchev–Trinajstić information content (AvgIpc) is 2.80. The topological polar surface area (TPSA) is 102 Å². The fourth-order valence-corrected chi connectivity index (χ4v) is 4.13. The zero-order chi connectivity index (χ0) is 23.1. The maximum Gasteiger partial charge on any atom is 0.338 e. The van der Waals surface area contributed by atoms with Gasteiger partial charge in [0.25, 0.3) is 5.91 Å². The summed E-state index contributed by atoms with van der Waals surface area (Å²) < 4.78 is 32.0. The van der Waals surface area contributed by atoms with E-state index in [4.69, 9.17) is 4.74 Å². The van der Waals surface area contributed by atoms with Crippen molar-refractivity contribution in [2.24, 2.45) is 0 Å². The first-order chi connectivity index (χ1) is 15.3. The van der Waals surface area contributed by atoms with Gasteiger partial charge in [-0.15, -0.1) is 0 Å². The van der Waals surface area contributed by atoms with E-state index in [0.29, 0.717) is 5.69 Å². The van der Waals surface area contributed by atoms with Crippen molar-refractivity contribution in [2.45, 2.75) is 24.8 Å². The van der Waals surface area contributed by atoms with Crippen molar-refractivity contribution in [2.75, 3.05) is 11.9 Å². The molecule has 0 heterocycles. The van der Waals surface area contributed by atoms with Gasteiger partial charge >= 0.3 is 5.97 Å². The second-order valence-electron chi connectivity index (χ2n) is 6.98. The number of hydrogen-bond acceptors (Lipinski definition) is 5. The predicted octanol–water partition coefficient (Wildman–Crippen LogP) is 3.84. The van der Waals surface area contributed by atoms with Crippen LogP contribution in [0.2, 0.25) is 0 Å². The molecule has 0 saturated carbocycles. The smallest absolute Gasteiger partial charge is 0.338 e. The number of anilines is 1. The number of sulfonamides is 1. The van der Waals surface area contributed by atoms with Crippen molar-refractivity contribution < 1.29 is 22.7 Å². The third-order valence-electron chi connectivity index (χ3n) is 4.64. The summed E-state index contributed by atoms with van der Waals surface area (Å²) in [5, 5.41) is 2.80. The summed E-state index contributed by atoms with van der Waals surface area (Å²) in [6.45, 7) is 3.34. The molecule has 166 valence electrons. The summed E-state index contributed by atoms with van der Waals surface area (Å²) in [5.41, 5.74) is 2.40. The molecule has 0 saturated heterocycles. The van der Waals surface area contributed by atoms with E-state index in [1.807, 2.05) is 42.5 Å². The number of amides is 1. The Kier molecular flexibility index (Phi) is 7.40. The number of rotatable bonds is 8. The lowest BCUT2D eigenvalue weighted by atomic mass is 10.0. The maximum atomic E-state index is 12.7. The molecule has 7 nitrogen and oxygen atoms in total. The van der Waals surface area contributed by atoms with Gasteiger partial charge in [0.15, 0.2) is 6.10 Å². The molecule has 3 aromatic rings. The maximum absolute atomic E-state index is 12.7. The molecule has 0 aliphatic heterocycles. The Morgan fingerprint density at radius 1 is 0.938 bits per heavy atom. The fraction of sp³-hybridized carbons (Fsp3) is 0.167. The Morgan fingerprint density at radius 3 is 2.34 bits per heavy atom. The number of para-hydroxylation sites is 1. The van der Waals surface area contributed by atoms with E-state index in [1.165, 1.54) is 31.2 Å². The van der Waals surface area contributed by atoms with Gasteiger partial charge in [-0.2, -0.15) is 0 Å². The first kappa shape index (κ1) is 23.2. The molecular weight excluding hydrogens is 428 g/mol. The summed E-state index contributed by atoms with van der Waals surface area (Å²) in [6, 6.07) is 22.4. The summed E-state index contributed by atoms with van der Waals surface area (Å²) in [5.74, 6) is -1.30. The minimum Gasteiger partial charge on any atom is -0.449 e. The number of hydrogen-bond donors (Lipinski definition) is 2. The number of carbonyl (C=O) groups excluding carboxylic acids is 2. The number of benzene rings is 3. The highest BCUT2D eigenvalue weighted by Gasteiger charge is 2.22. The Balaban J connectivity index is 1.72. The summed E-state index contributed by atoms with van der Waals surface area (Å²) in [7, 11) is -3.72. The first-order valence-electron chi connectivity index (χ1n) is 10.1. The minimum atomic E-state index is -3.72. The molecular formula is C24H24N2O5S. The van der Waals surface area contributed by atoms with Crippen molar-refractivity contribution >= 4 is 27.6 Å². The summed E-state index contributed by atoms with van der Waals surface area (Å²) in [6.07, 6.45) is -1.10. The molecule has 1 amide bonds. The van der Waals surface area contributed by atoms with Gasteiger partial charge in [-0.25, -0.2) is 17.9 Å². The Labute approximate surface area is 187 Å². The Morgan fingerprint density at radius 2 is 1.62 bits per heavy atom. The monoisotopic (exact) mass is 452 g/mol. The highest BCUT2D eigenvalue weighted by Crippen LogP contribution is 2.27. The molecule has 1 unspecified atom stereocenters. The van der Waals surface area contributed by atoms with E-state index in [0.717, 1.165) is 11.1 Å². The number of carbonyl (C=O) groups is 2. The van der Waals surface area contributed by atoms with E-state index in [-0.39, 0.29) is 17.0 Å². The quantitative estimate of drug-likeness (QED) is 0.506. The Bertz CT molecular complexity index is 1210. The van der Waals surface area contributed by atoms with Crippen molar-refractivity contribution in [1.29, 1.82) is 0 Å². The van der Waals surface area contributed by atoms with Gasteiger partial charge in [-0.05, 0) is 36.8 Å². The van der Waals surface area contributed by atoms with Crippen molar-refractivity contribution in [3.8, 4) is 11.1 Å². The largest absolute Gasteiger partial charge is 0.449 e. The van der Waals surface area contributed by atoms with Gasteiger partial charge in [-0.1, -0.05) is 61.5 Å². The van der Waals surface area contributed by atoms with E-state index >= 15 is 0 Å². The van der Waals surface area contributed by atoms with E-state index in [1.54, 1.807) is 19.1 Å². The van der Waals surface area contributed by atoms with Crippen LogP contribution in [0.1, 0.15) is 24.2 Å². The van der Waals surface area contributed by atoms with Gasteiger partial charge in [0.1, 0.15) is 0 Å². The molecule has 8 heteroatoms. The molecule has 0 aliphatic carbocycles. The minimum absolute atomic E-state index is 0.0355. The average molecular weight is 453 g/mol. The van der Waals surface area contributed by atoms with Gasteiger partial charge in [-0.3, -0.25) is 4.79 Å². The van der Waals surface area contributed by atoms with Crippen LogP contribution < -0.4 is 10.0 Å².